The molecule has 0 spiro atoms. The summed E-state index contributed by atoms with van der Waals surface area (Å²) in [4.78, 5) is 13.2. The Bertz CT molecular complexity index is 592. The van der Waals surface area contributed by atoms with Gasteiger partial charge < -0.3 is 5.43 Å². The standard InChI is InChI=1S/C13H17N5S/c1-7-5-8(2)15-11(6-7)19-13-9(3)12(18-14)16-10(4)17-13/h5-6H,14H2,1-4H3,(H,16,17,18). The Morgan fingerprint density at radius 3 is 2.42 bits per heavy atom. The largest absolute Gasteiger partial charge is 0.308 e. The lowest BCUT2D eigenvalue weighted by molar-refractivity contribution is 0.930. The van der Waals surface area contributed by atoms with E-state index in [1.54, 1.807) is 0 Å². The lowest BCUT2D eigenvalue weighted by Gasteiger charge is -2.10. The van der Waals surface area contributed by atoms with Crippen molar-refractivity contribution in [2.24, 2.45) is 5.84 Å². The fraction of sp³-hybridized carbons (Fsp3) is 0.308. The van der Waals surface area contributed by atoms with E-state index in [4.69, 9.17) is 5.84 Å². The van der Waals surface area contributed by atoms with Gasteiger partial charge in [-0.1, -0.05) is 0 Å². The van der Waals surface area contributed by atoms with Crippen molar-refractivity contribution in [3.63, 3.8) is 0 Å². The highest BCUT2D eigenvalue weighted by atomic mass is 32.2. The van der Waals surface area contributed by atoms with Crippen LogP contribution in [0.15, 0.2) is 22.2 Å². The van der Waals surface area contributed by atoms with E-state index >= 15 is 0 Å². The third-order valence-electron chi connectivity index (χ3n) is 2.63. The predicted molar refractivity (Wildman–Crippen MR) is 77.2 cm³/mol. The summed E-state index contributed by atoms with van der Waals surface area (Å²) < 4.78 is 0. The van der Waals surface area contributed by atoms with Crippen molar-refractivity contribution in [2.75, 3.05) is 5.43 Å². The molecule has 2 aromatic rings. The fourth-order valence-electron chi connectivity index (χ4n) is 1.80. The average molecular weight is 275 g/mol. The second-order valence-corrected chi connectivity index (χ2v) is 5.43. The minimum atomic E-state index is 0.652. The SMILES string of the molecule is Cc1cc(C)nc(Sc2nc(C)nc(NN)c2C)c1. The van der Waals surface area contributed by atoms with Crippen LogP contribution in [0, 0.1) is 27.7 Å². The molecule has 0 aliphatic heterocycles. The maximum absolute atomic E-state index is 5.46. The Hall–Kier alpha value is -1.66. The summed E-state index contributed by atoms with van der Waals surface area (Å²) in [7, 11) is 0. The summed E-state index contributed by atoms with van der Waals surface area (Å²) in [5.41, 5.74) is 5.72. The van der Waals surface area contributed by atoms with E-state index in [2.05, 4.69) is 33.4 Å². The lowest BCUT2D eigenvalue weighted by atomic mass is 10.3. The lowest BCUT2D eigenvalue weighted by Crippen LogP contribution is -2.12. The van der Waals surface area contributed by atoms with Gasteiger partial charge in [-0.15, -0.1) is 0 Å². The number of nitrogens with one attached hydrogen (secondary N) is 1. The smallest absolute Gasteiger partial charge is 0.147 e. The summed E-state index contributed by atoms with van der Waals surface area (Å²) in [6, 6.07) is 4.10. The van der Waals surface area contributed by atoms with Crippen LogP contribution in [0.4, 0.5) is 5.82 Å². The van der Waals surface area contributed by atoms with Crippen LogP contribution in [0.1, 0.15) is 22.6 Å². The second kappa shape index (κ2) is 5.54. The van der Waals surface area contributed by atoms with Gasteiger partial charge >= 0.3 is 0 Å². The van der Waals surface area contributed by atoms with Crippen molar-refractivity contribution in [3.05, 3.63) is 34.8 Å². The predicted octanol–water partition coefficient (Wildman–Crippen LogP) is 2.54. The van der Waals surface area contributed by atoms with Crippen molar-refractivity contribution in [1.82, 2.24) is 15.0 Å². The van der Waals surface area contributed by atoms with Gasteiger partial charge in [0.25, 0.3) is 0 Å². The highest BCUT2D eigenvalue weighted by Crippen LogP contribution is 2.30. The molecule has 2 heterocycles. The summed E-state index contributed by atoms with van der Waals surface area (Å²) in [5, 5.41) is 1.81. The number of anilines is 1. The Kier molecular flexibility index (Phi) is 4.01. The van der Waals surface area contributed by atoms with Crippen molar-refractivity contribution >= 4 is 17.6 Å². The average Bonchev–Trinajstić information content (AvgIpc) is 2.32. The molecule has 0 radical (unpaired) electrons. The quantitative estimate of drug-likeness (QED) is 0.509. The zero-order chi connectivity index (χ0) is 14.0. The first kappa shape index (κ1) is 13.8. The molecule has 0 atom stereocenters. The molecular formula is C13H17N5S. The highest BCUT2D eigenvalue weighted by Gasteiger charge is 2.11. The molecule has 0 bridgehead atoms. The van der Waals surface area contributed by atoms with Gasteiger partial charge in [0.15, 0.2) is 0 Å². The van der Waals surface area contributed by atoms with E-state index in [9.17, 15) is 0 Å². The summed E-state index contributed by atoms with van der Waals surface area (Å²) in [5.74, 6) is 6.80. The van der Waals surface area contributed by atoms with Crippen LogP contribution in [-0.4, -0.2) is 15.0 Å². The van der Waals surface area contributed by atoms with Gasteiger partial charge in [0.2, 0.25) is 0 Å². The fourth-order valence-corrected chi connectivity index (χ4v) is 2.86. The molecule has 0 fully saturated rings. The number of hydrogen-bond donors (Lipinski definition) is 2. The van der Waals surface area contributed by atoms with Gasteiger partial charge in [0.1, 0.15) is 21.7 Å². The van der Waals surface area contributed by atoms with Gasteiger partial charge in [-0.2, -0.15) is 0 Å². The molecule has 5 nitrogen and oxygen atoms in total. The maximum atomic E-state index is 5.46. The maximum Gasteiger partial charge on any atom is 0.147 e. The zero-order valence-corrected chi connectivity index (χ0v) is 12.3. The number of aryl methyl sites for hydroxylation is 3. The number of nitrogen functional groups attached to an aromatic ring is 1. The van der Waals surface area contributed by atoms with Crippen molar-refractivity contribution in [3.8, 4) is 0 Å². The summed E-state index contributed by atoms with van der Waals surface area (Å²) in [6.45, 7) is 7.84. The number of aromatic nitrogens is 3. The molecule has 0 aliphatic rings. The number of rotatable bonds is 3. The number of pyridine rings is 1. The van der Waals surface area contributed by atoms with Crippen LogP contribution in [0.3, 0.4) is 0 Å². The second-order valence-electron chi connectivity index (χ2n) is 4.42. The van der Waals surface area contributed by atoms with Crippen LogP contribution >= 0.6 is 11.8 Å². The van der Waals surface area contributed by atoms with Crippen LogP contribution in [-0.2, 0) is 0 Å². The molecule has 2 rings (SSSR count). The number of nitrogens with zero attached hydrogens (tertiary/aromatic N) is 3. The van der Waals surface area contributed by atoms with E-state index in [-0.39, 0.29) is 0 Å². The minimum absolute atomic E-state index is 0.652. The van der Waals surface area contributed by atoms with Gasteiger partial charge in [-0.3, -0.25) is 0 Å². The first-order chi connectivity index (χ1) is 8.99. The number of nitrogens with two attached hydrogens (primary N) is 1. The third kappa shape index (κ3) is 3.21. The molecule has 6 heteroatoms. The molecule has 0 saturated heterocycles. The Balaban J connectivity index is 2.40. The number of hydrazine groups is 1. The molecule has 2 aromatic heterocycles. The molecule has 0 saturated carbocycles. The van der Waals surface area contributed by atoms with E-state index < -0.39 is 0 Å². The summed E-state index contributed by atoms with van der Waals surface area (Å²) >= 11 is 1.53. The monoisotopic (exact) mass is 275 g/mol. The third-order valence-corrected chi connectivity index (χ3v) is 3.63. The van der Waals surface area contributed by atoms with E-state index in [0.717, 1.165) is 21.3 Å². The Morgan fingerprint density at radius 1 is 1.05 bits per heavy atom. The molecule has 0 aromatic carbocycles. The highest BCUT2D eigenvalue weighted by molar-refractivity contribution is 7.99. The molecule has 0 unspecified atom stereocenters. The molecule has 100 valence electrons. The first-order valence-electron chi connectivity index (χ1n) is 5.94. The first-order valence-corrected chi connectivity index (χ1v) is 6.76. The molecular weight excluding hydrogens is 258 g/mol. The van der Waals surface area contributed by atoms with Crippen molar-refractivity contribution in [1.29, 1.82) is 0 Å². The van der Waals surface area contributed by atoms with Gasteiger partial charge in [-0.25, -0.2) is 20.8 Å². The molecule has 0 amide bonds. The molecule has 3 N–H and O–H groups in total. The number of hydrogen-bond acceptors (Lipinski definition) is 6. The zero-order valence-electron chi connectivity index (χ0n) is 11.5. The normalized spacial score (nSPS) is 10.6. The summed E-state index contributed by atoms with van der Waals surface area (Å²) in [6.07, 6.45) is 0. The van der Waals surface area contributed by atoms with Crippen LogP contribution in [0.2, 0.25) is 0 Å². The van der Waals surface area contributed by atoms with Crippen molar-refractivity contribution in [2.45, 2.75) is 37.7 Å². The van der Waals surface area contributed by atoms with Gasteiger partial charge in [-0.05, 0) is 57.2 Å². The van der Waals surface area contributed by atoms with Crippen LogP contribution in [0.25, 0.3) is 0 Å². The topological polar surface area (TPSA) is 76.7 Å². The molecule has 0 aliphatic carbocycles. The van der Waals surface area contributed by atoms with Crippen LogP contribution in [0.5, 0.6) is 0 Å². The van der Waals surface area contributed by atoms with Crippen molar-refractivity contribution < 1.29 is 0 Å². The van der Waals surface area contributed by atoms with E-state index in [1.807, 2.05) is 26.8 Å². The van der Waals surface area contributed by atoms with E-state index in [0.29, 0.717) is 11.6 Å². The van der Waals surface area contributed by atoms with Crippen LogP contribution < -0.4 is 11.3 Å². The van der Waals surface area contributed by atoms with Gasteiger partial charge in [0, 0.05) is 11.3 Å². The van der Waals surface area contributed by atoms with E-state index in [1.165, 1.54) is 17.3 Å². The minimum Gasteiger partial charge on any atom is -0.308 e. The Morgan fingerprint density at radius 2 is 1.79 bits per heavy atom. The Labute approximate surface area is 117 Å². The van der Waals surface area contributed by atoms with Gasteiger partial charge in [0.05, 0.1) is 0 Å². The molecule has 19 heavy (non-hydrogen) atoms.